The summed E-state index contributed by atoms with van der Waals surface area (Å²) < 4.78 is 0.576. The van der Waals surface area contributed by atoms with Crippen molar-refractivity contribution in [3.05, 3.63) is 37.8 Å². The number of hydrogen-bond donors (Lipinski definition) is 0. The predicted octanol–water partition coefficient (Wildman–Crippen LogP) is 2.97. The van der Waals surface area contributed by atoms with Crippen molar-refractivity contribution in [2.75, 3.05) is 0 Å². The third-order valence-electron chi connectivity index (χ3n) is 1.83. The summed E-state index contributed by atoms with van der Waals surface area (Å²) in [5, 5.41) is 10.5. The normalized spacial score (nSPS) is 9.92. The van der Waals surface area contributed by atoms with E-state index in [2.05, 4.69) is 15.9 Å². The second kappa shape index (κ2) is 3.23. The Bertz CT molecular complexity index is 336. The molecule has 0 bridgehead atoms. The van der Waals surface area contributed by atoms with E-state index < -0.39 is 4.92 Å². The molecule has 0 aliphatic rings. The molecule has 64 valence electrons. The molecule has 0 heterocycles. The van der Waals surface area contributed by atoms with Crippen LogP contribution in [0.15, 0.2) is 16.6 Å². The van der Waals surface area contributed by atoms with E-state index >= 15 is 0 Å². The van der Waals surface area contributed by atoms with Crippen LogP contribution in [0.2, 0.25) is 0 Å². The number of nitro groups is 1. The molecule has 0 unspecified atom stereocenters. The standard InChI is InChI=1S/C8H8BrNO2/c1-5-3-4-7(10(11)12)8(9)6(5)2/h3-4H,1-2H3. The average Bonchev–Trinajstić information content (AvgIpc) is 2.00. The Morgan fingerprint density at radius 2 is 2.00 bits per heavy atom. The number of nitro benzene ring substituents is 1. The van der Waals surface area contributed by atoms with E-state index in [9.17, 15) is 10.1 Å². The smallest absolute Gasteiger partial charge is 0.258 e. The predicted molar refractivity (Wildman–Crippen MR) is 50.3 cm³/mol. The van der Waals surface area contributed by atoms with Crippen molar-refractivity contribution in [1.82, 2.24) is 0 Å². The van der Waals surface area contributed by atoms with E-state index in [0.717, 1.165) is 11.1 Å². The molecule has 0 fully saturated rings. The Morgan fingerprint density at radius 1 is 1.42 bits per heavy atom. The second-order valence-electron chi connectivity index (χ2n) is 2.60. The van der Waals surface area contributed by atoms with Gasteiger partial charge in [0, 0.05) is 6.07 Å². The molecule has 0 spiro atoms. The minimum atomic E-state index is -0.392. The van der Waals surface area contributed by atoms with Crippen LogP contribution in [0.1, 0.15) is 11.1 Å². The van der Waals surface area contributed by atoms with Crippen molar-refractivity contribution in [1.29, 1.82) is 0 Å². The summed E-state index contributed by atoms with van der Waals surface area (Å²) in [6.07, 6.45) is 0. The molecule has 0 saturated carbocycles. The summed E-state index contributed by atoms with van der Waals surface area (Å²) in [6.45, 7) is 3.77. The highest BCUT2D eigenvalue weighted by molar-refractivity contribution is 9.10. The van der Waals surface area contributed by atoms with Gasteiger partial charge in [0.05, 0.1) is 9.40 Å². The van der Waals surface area contributed by atoms with Gasteiger partial charge in [0.2, 0.25) is 0 Å². The van der Waals surface area contributed by atoms with Crippen LogP contribution in [0.5, 0.6) is 0 Å². The van der Waals surface area contributed by atoms with Crippen molar-refractivity contribution < 1.29 is 4.92 Å². The summed E-state index contributed by atoms with van der Waals surface area (Å²) in [7, 11) is 0. The number of rotatable bonds is 1. The zero-order valence-corrected chi connectivity index (χ0v) is 8.38. The fourth-order valence-corrected chi connectivity index (χ4v) is 1.50. The van der Waals surface area contributed by atoms with Crippen LogP contribution in [0, 0.1) is 24.0 Å². The highest BCUT2D eigenvalue weighted by Crippen LogP contribution is 2.29. The minimum absolute atomic E-state index is 0.123. The van der Waals surface area contributed by atoms with E-state index in [4.69, 9.17) is 0 Å². The van der Waals surface area contributed by atoms with Gasteiger partial charge in [0.1, 0.15) is 0 Å². The summed E-state index contributed by atoms with van der Waals surface area (Å²) in [5.74, 6) is 0. The van der Waals surface area contributed by atoms with Gasteiger partial charge in [-0.2, -0.15) is 0 Å². The molecule has 1 rings (SSSR count). The molecule has 1 aromatic carbocycles. The first-order valence-electron chi connectivity index (χ1n) is 3.44. The molecule has 1 aromatic rings. The van der Waals surface area contributed by atoms with Gasteiger partial charge >= 0.3 is 0 Å². The van der Waals surface area contributed by atoms with Crippen molar-refractivity contribution in [3.63, 3.8) is 0 Å². The first kappa shape index (κ1) is 9.19. The lowest BCUT2D eigenvalue weighted by atomic mass is 10.1. The summed E-state index contributed by atoms with van der Waals surface area (Å²) >= 11 is 3.19. The van der Waals surface area contributed by atoms with Crippen LogP contribution < -0.4 is 0 Å². The maximum absolute atomic E-state index is 10.5. The van der Waals surface area contributed by atoms with Gasteiger partial charge in [-0.1, -0.05) is 6.07 Å². The lowest BCUT2D eigenvalue weighted by Gasteiger charge is -2.02. The molecule has 0 N–H and O–H groups in total. The Hall–Kier alpha value is -0.900. The van der Waals surface area contributed by atoms with Gasteiger partial charge in [-0.3, -0.25) is 10.1 Å². The second-order valence-corrected chi connectivity index (χ2v) is 3.39. The van der Waals surface area contributed by atoms with E-state index in [-0.39, 0.29) is 5.69 Å². The molecular formula is C8H8BrNO2. The van der Waals surface area contributed by atoms with Gasteiger partial charge in [-0.25, -0.2) is 0 Å². The third kappa shape index (κ3) is 1.48. The maximum Gasteiger partial charge on any atom is 0.283 e. The summed E-state index contributed by atoms with van der Waals surface area (Å²) in [6, 6.07) is 3.25. The minimum Gasteiger partial charge on any atom is -0.258 e. The molecule has 12 heavy (non-hydrogen) atoms. The zero-order chi connectivity index (χ0) is 9.30. The van der Waals surface area contributed by atoms with Gasteiger partial charge in [0.15, 0.2) is 0 Å². The number of halogens is 1. The molecule has 0 aromatic heterocycles. The quantitative estimate of drug-likeness (QED) is 0.549. The Labute approximate surface area is 78.7 Å². The van der Waals surface area contributed by atoms with E-state index in [0.29, 0.717) is 4.47 Å². The third-order valence-corrected chi connectivity index (χ3v) is 2.83. The zero-order valence-electron chi connectivity index (χ0n) is 6.80. The van der Waals surface area contributed by atoms with Crippen molar-refractivity contribution in [2.45, 2.75) is 13.8 Å². The monoisotopic (exact) mass is 229 g/mol. The SMILES string of the molecule is Cc1ccc([N+](=O)[O-])c(Br)c1C. The van der Waals surface area contributed by atoms with Gasteiger partial charge in [0.25, 0.3) is 5.69 Å². The molecule has 0 aliphatic carbocycles. The Balaban J connectivity index is 3.36. The van der Waals surface area contributed by atoms with Crippen LogP contribution in [-0.4, -0.2) is 4.92 Å². The Kier molecular flexibility index (Phi) is 2.47. The molecule has 0 radical (unpaired) electrons. The largest absolute Gasteiger partial charge is 0.283 e. The fourth-order valence-electron chi connectivity index (χ4n) is 0.908. The number of aryl methyl sites for hydroxylation is 1. The molecule has 0 amide bonds. The first-order valence-corrected chi connectivity index (χ1v) is 4.23. The van der Waals surface area contributed by atoms with Crippen LogP contribution in [0.4, 0.5) is 5.69 Å². The maximum atomic E-state index is 10.5. The lowest BCUT2D eigenvalue weighted by Crippen LogP contribution is -1.92. The molecule has 0 saturated heterocycles. The van der Waals surface area contributed by atoms with Crippen molar-refractivity contribution in [2.24, 2.45) is 0 Å². The van der Waals surface area contributed by atoms with Gasteiger partial charge in [-0.15, -0.1) is 0 Å². The molecule has 0 aliphatic heterocycles. The van der Waals surface area contributed by atoms with Crippen LogP contribution >= 0.6 is 15.9 Å². The highest BCUT2D eigenvalue weighted by Gasteiger charge is 2.13. The number of benzene rings is 1. The molecule has 3 nitrogen and oxygen atoms in total. The van der Waals surface area contributed by atoms with Crippen molar-refractivity contribution >= 4 is 21.6 Å². The topological polar surface area (TPSA) is 43.1 Å². The Morgan fingerprint density at radius 3 is 2.50 bits per heavy atom. The molecular weight excluding hydrogens is 222 g/mol. The van der Waals surface area contributed by atoms with E-state index in [1.807, 2.05) is 13.8 Å². The summed E-state index contributed by atoms with van der Waals surface area (Å²) in [5.41, 5.74) is 2.09. The molecule has 4 heteroatoms. The number of nitrogens with zero attached hydrogens (tertiary/aromatic N) is 1. The fraction of sp³-hybridized carbons (Fsp3) is 0.250. The van der Waals surface area contributed by atoms with Crippen LogP contribution in [0.25, 0.3) is 0 Å². The van der Waals surface area contributed by atoms with E-state index in [1.54, 1.807) is 6.07 Å². The van der Waals surface area contributed by atoms with Gasteiger partial charge in [-0.05, 0) is 40.9 Å². The first-order chi connectivity index (χ1) is 5.54. The van der Waals surface area contributed by atoms with E-state index in [1.165, 1.54) is 6.07 Å². The lowest BCUT2D eigenvalue weighted by molar-refractivity contribution is -0.385. The van der Waals surface area contributed by atoms with Crippen LogP contribution in [-0.2, 0) is 0 Å². The van der Waals surface area contributed by atoms with Crippen LogP contribution in [0.3, 0.4) is 0 Å². The number of hydrogen-bond acceptors (Lipinski definition) is 2. The highest BCUT2D eigenvalue weighted by atomic mass is 79.9. The van der Waals surface area contributed by atoms with Crippen molar-refractivity contribution in [3.8, 4) is 0 Å². The molecule has 0 atom stereocenters. The van der Waals surface area contributed by atoms with Gasteiger partial charge < -0.3 is 0 Å². The average molecular weight is 230 g/mol. The summed E-state index contributed by atoms with van der Waals surface area (Å²) in [4.78, 5) is 10.1.